The Labute approximate surface area is 107 Å². The predicted molar refractivity (Wildman–Crippen MR) is 73.3 cm³/mol. The Balaban J connectivity index is 2.37. The molecule has 3 heteroatoms. The van der Waals surface area contributed by atoms with Crippen LogP contribution in [0.3, 0.4) is 0 Å². The first-order chi connectivity index (χ1) is 7.98. The topological polar surface area (TPSA) is 24.5 Å². The first kappa shape index (κ1) is 14.9. The summed E-state index contributed by atoms with van der Waals surface area (Å²) >= 11 is 0. The zero-order valence-electron chi connectivity index (χ0n) is 12.3. The fourth-order valence-electron chi connectivity index (χ4n) is 2.87. The summed E-state index contributed by atoms with van der Waals surface area (Å²) in [6, 6.07) is 0.702. The lowest BCUT2D eigenvalue weighted by atomic mass is 9.86. The first-order valence-corrected chi connectivity index (χ1v) is 6.87. The second-order valence-electron chi connectivity index (χ2n) is 6.30. The van der Waals surface area contributed by atoms with Crippen molar-refractivity contribution < 1.29 is 4.74 Å². The molecule has 0 aromatic rings. The largest absolute Gasteiger partial charge is 0.385 e. The van der Waals surface area contributed by atoms with Crippen molar-refractivity contribution in [2.45, 2.75) is 39.7 Å². The van der Waals surface area contributed by atoms with E-state index in [1.807, 2.05) is 0 Å². The minimum absolute atomic E-state index is 0.363. The van der Waals surface area contributed by atoms with Gasteiger partial charge in [0, 0.05) is 32.8 Å². The lowest BCUT2D eigenvalue weighted by Gasteiger charge is -2.40. The van der Waals surface area contributed by atoms with Crippen LogP contribution in [-0.4, -0.2) is 51.3 Å². The molecule has 0 aromatic heterocycles. The summed E-state index contributed by atoms with van der Waals surface area (Å²) in [6.45, 7) is 11.6. The van der Waals surface area contributed by atoms with Crippen LogP contribution in [0, 0.1) is 11.3 Å². The third-order valence-electron chi connectivity index (χ3n) is 3.99. The Kier molecular flexibility index (Phi) is 5.90. The minimum Gasteiger partial charge on any atom is -0.385 e. The van der Waals surface area contributed by atoms with Crippen LogP contribution in [0.1, 0.15) is 33.6 Å². The van der Waals surface area contributed by atoms with Gasteiger partial charge in [-0.2, -0.15) is 0 Å². The van der Waals surface area contributed by atoms with Crippen LogP contribution >= 0.6 is 0 Å². The zero-order chi connectivity index (χ0) is 12.9. The average Bonchev–Trinajstić information content (AvgIpc) is 2.26. The maximum absolute atomic E-state index is 5.19. The molecule has 2 atom stereocenters. The maximum atomic E-state index is 5.19. The number of methoxy groups -OCH3 is 1. The van der Waals surface area contributed by atoms with Gasteiger partial charge in [0.2, 0.25) is 0 Å². The summed E-state index contributed by atoms with van der Waals surface area (Å²) in [5, 5.41) is 3.42. The summed E-state index contributed by atoms with van der Waals surface area (Å²) in [5.41, 5.74) is 0.363. The number of ether oxygens (including phenoxy) is 1. The van der Waals surface area contributed by atoms with Crippen LogP contribution in [0.15, 0.2) is 0 Å². The van der Waals surface area contributed by atoms with E-state index < -0.39 is 0 Å². The van der Waals surface area contributed by atoms with E-state index in [0.717, 1.165) is 18.9 Å². The van der Waals surface area contributed by atoms with Gasteiger partial charge in [-0.15, -0.1) is 0 Å². The fraction of sp³-hybridized carbons (Fsp3) is 1.00. The van der Waals surface area contributed by atoms with Gasteiger partial charge in [0.05, 0.1) is 0 Å². The molecule has 1 heterocycles. The molecule has 0 bridgehead atoms. The van der Waals surface area contributed by atoms with E-state index >= 15 is 0 Å². The van der Waals surface area contributed by atoms with Crippen LogP contribution in [0.5, 0.6) is 0 Å². The quantitative estimate of drug-likeness (QED) is 0.771. The lowest BCUT2D eigenvalue weighted by Crippen LogP contribution is -2.49. The number of rotatable bonds is 6. The number of nitrogens with one attached hydrogen (secondary N) is 1. The SMILES string of the molecule is CNC1CCN(CC(C)(C)CCOC)CC1C. The van der Waals surface area contributed by atoms with E-state index in [9.17, 15) is 0 Å². The first-order valence-electron chi connectivity index (χ1n) is 6.87. The van der Waals surface area contributed by atoms with Crippen molar-refractivity contribution in [2.75, 3.05) is 40.4 Å². The molecule has 0 amide bonds. The second-order valence-corrected chi connectivity index (χ2v) is 6.30. The standard InChI is InChI=1S/C14H30N2O/c1-12-10-16(8-6-13(12)15-4)11-14(2,3)7-9-17-5/h12-13,15H,6-11H2,1-5H3. The molecule has 0 radical (unpaired) electrons. The van der Waals surface area contributed by atoms with Crippen LogP contribution < -0.4 is 5.32 Å². The van der Waals surface area contributed by atoms with Gasteiger partial charge in [0.15, 0.2) is 0 Å². The van der Waals surface area contributed by atoms with Crippen molar-refractivity contribution in [3.63, 3.8) is 0 Å². The third kappa shape index (κ3) is 4.94. The Bertz CT molecular complexity index is 218. The van der Waals surface area contributed by atoms with E-state index in [-0.39, 0.29) is 0 Å². The van der Waals surface area contributed by atoms with Crippen molar-refractivity contribution in [2.24, 2.45) is 11.3 Å². The summed E-state index contributed by atoms with van der Waals surface area (Å²) < 4.78 is 5.19. The van der Waals surface area contributed by atoms with Crippen molar-refractivity contribution in [3.8, 4) is 0 Å². The van der Waals surface area contributed by atoms with Gasteiger partial charge in [-0.25, -0.2) is 0 Å². The van der Waals surface area contributed by atoms with Gasteiger partial charge in [-0.05, 0) is 37.8 Å². The Morgan fingerprint density at radius 3 is 2.65 bits per heavy atom. The second kappa shape index (κ2) is 6.72. The molecule has 0 spiro atoms. The van der Waals surface area contributed by atoms with E-state index in [1.165, 1.54) is 26.1 Å². The van der Waals surface area contributed by atoms with Crippen LogP contribution in [0.2, 0.25) is 0 Å². The van der Waals surface area contributed by atoms with Gasteiger partial charge in [0.25, 0.3) is 0 Å². The average molecular weight is 242 g/mol. The lowest BCUT2D eigenvalue weighted by molar-refractivity contribution is 0.0821. The molecule has 0 aliphatic carbocycles. The van der Waals surface area contributed by atoms with Crippen molar-refractivity contribution in [3.05, 3.63) is 0 Å². The van der Waals surface area contributed by atoms with Crippen LogP contribution in [0.4, 0.5) is 0 Å². The van der Waals surface area contributed by atoms with Crippen molar-refractivity contribution >= 4 is 0 Å². The fourth-order valence-corrected chi connectivity index (χ4v) is 2.87. The smallest absolute Gasteiger partial charge is 0.0467 e. The molecule has 0 saturated carbocycles. The van der Waals surface area contributed by atoms with Gasteiger partial charge in [-0.1, -0.05) is 20.8 Å². The Morgan fingerprint density at radius 1 is 1.41 bits per heavy atom. The highest BCUT2D eigenvalue weighted by molar-refractivity contribution is 4.84. The normalized spacial score (nSPS) is 27.4. The number of nitrogens with zero attached hydrogens (tertiary/aromatic N) is 1. The molecule has 17 heavy (non-hydrogen) atoms. The van der Waals surface area contributed by atoms with Gasteiger partial charge in [-0.3, -0.25) is 0 Å². The molecule has 0 aromatic carbocycles. The van der Waals surface area contributed by atoms with E-state index in [0.29, 0.717) is 11.5 Å². The predicted octanol–water partition coefficient (Wildman–Crippen LogP) is 1.98. The molecule has 1 fully saturated rings. The van der Waals surface area contributed by atoms with Gasteiger partial charge >= 0.3 is 0 Å². The molecule has 2 unspecified atom stereocenters. The molecular weight excluding hydrogens is 212 g/mol. The highest BCUT2D eigenvalue weighted by Crippen LogP contribution is 2.25. The summed E-state index contributed by atoms with van der Waals surface area (Å²) in [6.07, 6.45) is 2.42. The summed E-state index contributed by atoms with van der Waals surface area (Å²) in [5.74, 6) is 0.756. The highest BCUT2D eigenvalue weighted by Gasteiger charge is 2.28. The monoisotopic (exact) mass is 242 g/mol. The molecule has 1 N–H and O–H groups in total. The molecule has 102 valence electrons. The maximum Gasteiger partial charge on any atom is 0.0467 e. The van der Waals surface area contributed by atoms with E-state index in [1.54, 1.807) is 7.11 Å². The van der Waals surface area contributed by atoms with Crippen LogP contribution in [0.25, 0.3) is 0 Å². The summed E-state index contributed by atoms with van der Waals surface area (Å²) in [7, 11) is 3.87. The molecule has 1 aliphatic heterocycles. The van der Waals surface area contributed by atoms with Crippen molar-refractivity contribution in [1.82, 2.24) is 10.2 Å². The summed E-state index contributed by atoms with van der Waals surface area (Å²) in [4.78, 5) is 2.62. The van der Waals surface area contributed by atoms with Gasteiger partial charge in [0.1, 0.15) is 0 Å². The molecule has 1 aliphatic rings. The minimum atomic E-state index is 0.363. The third-order valence-corrected chi connectivity index (χ3v) is 3.99. The molecular formula is C14H30N2O. The molecule has 3 nitrogen and oxygen atoms in total. The van der Waals surface area contributed by atoms with Crippen LogP contribution in [-0.2, 0) is 4.74 Å². The number of hydrogen-bond donors (Lipinski definition) is 1. The van der Waals surface area contributed by atoms with E-state index in [2.05, 4.69) is 38.0 Å². The number of likely N-dealkylation sites (tertiary alicyclic amines) is 1. The zero-order valence-corrected chi connectivity index (χ0v) is 12.3. The van der Waals surface area contributed by atoms with Gasteiger partial charge < -0.3 is 15.0 Å². The number of piperidine rings is 1. The Hall–Kier alpha value is -0.120. The number of hydrogen-bond acceptors (Lipinski definition) is 3. The van der Waals surface area contributed by atoms with Crippen molar-refractivity contribution in [1.29, 1.82) is 0 Å². The molecule has 1 rings (SSSR count). The Morgan fingerprint density at radius 2 is 2.12 bits per heavy atom. The molecule has 1 saturated heterocycles. The van der Waals surface area contributed by atoms with E-state index in [4.69, 9.17) is 4.74 Å². The highest BCUT2D eigenvalue weighted by atomic mass is 16.5.